The van der Waals surface area contributed by atoms with Gasteiger partial charge in [-0.25, -0.2) is 0 Å². The highest BCUT2D eigenvalue weighted by Gasteiger charge is 2.25. The zero-order valence-corrected chi connectivity index (χ0v) is 12.5. The lowest BCUT2D eigenvalue weighted by Gasteiger charge is -2.32. The Balaban J connectivity index is 1.92. The summed E-state index contributed by atoms with van der Waals surface area (Å²) in [4.78, 5) is 2.31. The van der Waals surface area contributed by atoms with Crippen molar-refractivity contribution in [3.05, 3.63) is 11.8 Å². The smallest absolute Gasteiger partial charge is 0.230 e. The fourth-order valence-corrected chi connectivity index (χ4v) is 2.51. The van der Waals surface area contributed by atoms with Crippen LogP contribution in [-0.2, 0) is 12.0 Å². The largest absolute Gasteiger partial charge is 0.423 e. The topological polar surface area (TPSA) is 68.2 Å². The Morgan fingerprint density at radius 1 is 1.21 bits per heavy atom. The van der Waals surface area contributed by atoms with Gasteiger partial charge in [-0.05, 0) is 32.7 Å². The van der Waals surface area contributed by atoms with Crippen LogP contribution in [0, 0.1) is 0 Å². The summed E-state index contributed by atoms with van der Waals surface area (Å²) in [5, 5.41) is 8.28. The zero-order valence-electron chi connectivity index (χ0n) is 12.5. The number of hydrogen-bond donors (Lipinski definition) is 1. The SMILES string of the molecule is CN(Cc1nnc(C(C)(C)C)o1)C1CCC(N)CC1. The molecule has 19 heavy (non-hydrogen) atoms. The first kappa shape index (κ1) is 14.5. The van der Waals surface area contributed by atoms with Gasteiger partial charge >= 0.3 is 0 Å². The van der Waals surface area contributed by atoms with E-state index in [-0.39, 0.29) is 5.41 Å². The molecule has 0 aromatic carbocycles. The Morgan fingerprint density at radius 2 is 1.84 bits per heavy atom. The number of aromatic nitrogens is 2. The van der Waals surface area contributed by atoms with Crippen LogP contribution in [0.25, 0.3) is 0 Å². The maximum Gasteiger partial charge on any atom is 0.230 e. The quantitative estimate of drug-likeness (QED) is 0.907. The second-order valence-electron chi connectivity index (χ2n) is 6.73. The van der Waals surface area contributed by atoms with E-state index in [0.29, 0.717) is 23.9 Å². The Labute approximate surface area is 115 Å². The van der Waals surface area contributed by atoms with E-state index in [2.05, 4.69) is 42.9 Å². The second-order valence-corrected chi connectivity index (χ2v) is 6.73. The Bertz CT molecular complexity index is 402. The molecular weight excluding hydrogens is 240 g/mol. The lowest BCUT2D eigenvalue weighted by molar-refractivity contribution is 0.161. The average molecular weight is 266 g/mol. The molecule has 2 N–H and O–H groups in total. The van der Waals surface area contributed by atoms with Crippen molar-refractivity contribution < 1.29 is 4.42 Å². The fraction of sp³-hybridized carbons (Fsp3) is 0.857. The second kappa shape index (κ2) is 5.59. The summed E-state index contributed by atoms with van der Waals surface area (Å²) in [7, 11) is 2.13. The molecule has 0 aliphatic heterocycles. The molecule has 1 aliphatic rings. The van der Waals surface area contributed by atoms with E-state index in [1.54, 1.807) is 0 Å². The average Bonchev–Trinajstić information content (AvgIpc) is 2.78. The van der Waals surface area contributed by atoms with Crippen LogP contribution in [0.15, 0.2) is 4.42 Å². The molecule has 2 rings (SSSR count). The van der Waals surface area contributed by atoms with E-state index in [1.807, 2.05) is 0 Å². The summed E-state index contributed by atoms with van der Waals surface area (Å²) in [5.74, 6) is 1.42. The standard InChI is InChI=1S/C14H26N4O/c1-14(2,3)13-17-16-12(19-13)9-18(4)11-7-5-10(15)6-8-11/h10-11H,5-9,15H2,1-4H3. The molecule has 0 unspecified atom stereocenters. The van der Waals surface area contributed by atoms with Crippen molar-refractivity contribution in [3.8, 4) is 0 Å². The normalized spacial score (nSPS) is 24.9. The van der Waals surface area contributed by atoms with Crippen LogP contribution >= 0.6 is 0 Å². The molecule has 0 saturated heterocycles. The van der Waals surface area contributed by atoms with Gasteiger partial charge in [-0.1, -0.05) is 20.8 Å². The minimum Gasteiger partial charge on any atom is -0.423 e. The van der Waals surface area contributed by atoms with Crippen LogP contribution in [0.4, 0.5) is 0 Å². The van der Waals surface area contributed by atoms with Crippen LogP contribution in [0.3, 0.4) is 0 Å². The molecule has 5 nitrogen and oxygen atoms in total. The molecule has 1 aromatic heterocycles. The first-order valence-corrected chi connectivity index (χ1v) is 7.15. The molecule has 1 fully saturated rings. The van der Waals surface area contributed by atoms with E-state index in [4.69, 9.17) is 10.2 Å². The molecule has 1 aliphatic carbocycles. The van der Waals surface area contributed by atoms with Crippen molar-refractivity contribution in [3.63, 3.8) is 0 Å². The van der Waals surface area contributed by atoms with Crippen LogP contribution in [0.1, 0.15) is 58.2 Å². The number of nitrogens with zero attached hydrogens (tertiary/aromatic N) is 3. The van der Waals surface area contributed by atoms with E-state index in [1.165, 1.54) is 0 Å². The monoisotopic (exact) mass is 266 g/mol. The van der Waals surface area contributed by atoms with Gasteiger partial charge in [-0.3, -0.25) is 4.90 Å². The van der Waals surface area contributed by atoms with Crippen molar-refractivity contribution >= 4 is 0 Å². The maximum absolute atomic E-state index is 5.94. The molecule has 1 saturated carbocycles. The van der Waals surface area contributed by atoms with Crippen molar-refractivity contribution in [1.29, 1.82) is 0 Å². The van der Waals surface area contributed by atoms with Gasteiger partial charge in [-0.2, -0.15) is 0 Å². The van der Waals surface area contributed by atoms with Gasteiger partial charge in [0.15, 0.2) is 0 Å². The highest BCUT2D eigenvalue weighted by Crippen LogP contribution is 2.24. The van der Waals surface area contributed by atoms with Crippen molar-refractivity contribution in [1.82, 2.24) is 15.1 Å². The lowest BCUT2D eigenvalue weighted by atomic mass is 9.91. The molecule has 0 amide bonds. The Kier molecular flexibility index (Phi) is 4.26. The Morgan fingerprint density at radius 3 is 2.37 bits per heavy atom. The number of nitrogens with two attached hydrogens (primary N) is 1. The van der Waals surface area contributed by atoms with Crippen molar-refractivity contribution in [2.45, 2.75) is 70.5 Å². The van der Waals surface area contributed by atoms with Crippen LogP contribution in [0.2, 0.25) is 0 Å². The highest BCUT2D eigenvalue weighted by atomic mass is 16.4. The van der Waals surface area contributed by atoms with Crippen LogP contribution < -0.4 is 5.73 Å². The predicted octanol–water partition coefficient (Wildman–Crippen LogP) is 2.07. The van der Waals surface area contributed by atoms with Gasteiger partial charge in [0.2, 0.25) is 11.8 Å². The van der Waals surface area contributed by atoms with Gasteiger partial charge in [-0.15, -0.1) is 10.2 Å². The van der Waals surface area contributed by atoms with Crippen molar-refractivity contribution in [2.75, 3.05) is 7.05 Å². The van der Waals surface area contributed by atoms with Gasteiger partial charge in [0, 0.05) is 17.5 Å². The Hall–Kier alpha value is -0.940. The summed E-state index contributed by atoms with van der Waals surface area (Å²) in [6.45, 7) is 6.96. The van der Waals surface area contributed by atoms with Gasteiger partial charge in [0.05, 0.1) is 6.54 Å². The fourth-order valence-electron chi connectivity index (χ4n) is 2.51. The van der Waals surface area contributed by atoms with E-state index >= 15 is 0 Å². The molecule has 1 aromatic rings. The third kappa shape index (κ3) is 3.76. The van der Waals surface area contributed by atoms with Crippen LogP contribution in [0.5, 0.6) is 0 Å². The minimum absolute atomic E-state index is 0.0819. The van der Waals surface area contributed by atoms with Crippen molar-refractivity contribution in [2.24, 2.45) is 5.73 Å². The first-order valence-electron chi connectivity index (χ1n) is 7.15. The highest BCUT2D eigenvalue weighted by molar-refractivity contribution is 4.96. The van der Waals surface area contributed by atoms with E-state index in [0.717, 1.165) is 32.2 Å². The summed E-state index contributed by atoms with van der Waals surface area (Å²) in [5.41, 5.74) is 5.86. The third-order valence-corrected chi connectivity index (χ3v) is 3.86. The molecule has 0 bridgehead atoms. The minimum atomic E-state index is -0.0819. The predicted molar refractivity (Wildman–Crippen MR) is 74.7 cm³/mol. The van der Waals surface area contributed by atoms with Gasteiger partial charge < -0.3 is 10.2 Å². The molecule has 0 radical (unpaired) electrons. The lowest BCUT2D eigenvalue weighted by Crippen LogP contribution is -2.38. The molecule has 1 heterocycles. The third-order valence-electron chi connectivity index (χ3n) is 3.86. The molecule has 5 heteroatoms. The molecule has 0 spiro atoms. The zero-order chi connectivity index (χ0) is 14.0. The summed E-state index contributed by atoms with van der Waals surface area (Å²) >= 11 is 0. The molecular formula is C14H26N4O. The summed E-state index contributed by atoms with van der Waals surface area (Å²) in [6, 6.07) is 0.977. The van der Waals surface area contributed by atoms with Gasteiger partial charge in [0.1, 0.15) is 0 Å². The van der Waals surface area contributed by atoms with E-state index < -0.39 is 0 Å². The van der Waals surface area contributed by atoms with Crippen LogP contribution in [-0.4, -0.2) is 34.2 Å². The molecule has 108 valence electrons. The molecule has 0 atom stereocenters. The number of hydrogen-bond acceptors (Lipinski definition) is 5. The first-order chi connectivity index (χ1) is 8.86. The van der Waals surface area contributed by atoms with Gasteiger partial charge in [0.25, 0.3) is 0 Å². The summed E-state index contributed by atoms with van der Waals surface area (Å²) < 4.78 is 5.74. The summed E-state index contributed by atoms with van der Waals surface area (Å²) in [6.07, 6.45) is 4.56. The van der Waals surface area contributed by atoms with E-state index in [9.17, 15) is 0 Å². The maximum atomic E-state index is 5.94. The number of rotatable bonds is 3.